The molecule has 21 heavy (non-hydrogen) atoms. The summed E-state index contributed by atoms with van der Waals surface area (Å²) in [4.78, 5) is 20.5. The number of nitrogens with one attached hydrogen (secondary N) is 1. The van der Waals surface area contributed by atoms with Crippen molar-refractivity contribution in [3.8, 4) is 11.4 Å². The van der Waals surface area contributed by atoms with Gasteiger partial charge in [0.2, 0.25) is 5.91 Å². The summed E-state index contributed by atoms with van der Waals surface area (Å²) in [7, 11) is 0. The third-order valence-electron chi connectivity index (χ3n) is 2.78. The Morgan fingerprint density at radius 1 is 1.33 bits per heavy atom. The predicted octanol–water partition coefficient (Wildman–Crippen LogP) is 2.97. The molecule has 0 atom stereocenters. The Morgan fingerprint density at radius 2 is 2.05 bits per heavy atom. The van der Waals surface area contributed by atoms with Crippen LogP contribution in [0.4, 0.5) is 5.13 Å². The number of anilines is 1. The van der Waals surface area contributed by atoms with E-state index >= 15 is 0 Å². The smallest absolute Gasteiger partial charge is 0.233 e. The number of rotatable bonds is 4. The Kier molecular flexibility index (Phi) is 7.81. The maximum Gasteiger partial charge on any atom is 0.233 e. The summed E-state index contributed by atoms with van der Waals surface area (Å²) in [5.74, 6) is -0.128. The zero-order valence-corrected chi connectivity index (χ0v) is 14.1. The van der Waals surface area contributed by atoms with E-state index in [9.17, 15) is 4.79 Å². The van der Waals surface area contributed by atoms with Crippen LogP contribution in [-0.4, -0.2) is 22.4 Å². The summed E-state index contributed by atoms with van der Waals surface area (Å²) in [6, 6.07) is 5.63. The normalized spacial score (nSPS) is 10.2. The molecule has 3 N–H and O–H groups in total. The van der Waals surface area contributed by atoms with Gasteiger partial charge in [0.25, 0.3) is 0 Å². The van der Waals surface area contributed by atoms with Crippen molar-refractivity contribution in [1.29, 1.82) is 0 Å². The van der Waals surface area contributed by atoms with Gasteiger partial charge in [0.05, 0.1) is 11.1 Å². The molecule has 0 aliphatic rings. The second kappa shape index (κ2) is 8.29. The van der Waals surface area contributed by atoms with Crippen molar-refractivity contribution in [2.24, 2.45) is 11.1 Å². The quantitative estimate of drug-likeness (QED) is 0.889. The molecule has 0 saturated heterocycles. The Labute approximate surface area is 140 Å². The van der Waals surface area contributed by atoms with Crippen molar-refractivity contribution in [3.63, 3.8) is 0 Å². The number of hydrogen-bond acceptors (Lipinski definition) is 5. The summed E-state index contributed by atoms with van der Waals surface area (Å²) >= 11 is 1.38. The number of nitrogens with zero attached hydrogens (tertiary/aromatic N) is 2. The lowest BCUT2D eigenvalue weighted by Crippen LogP contribution is -2.37. The molecule has 0 unspecified atom stereocenters. The molecule has 1 amide bonds. The van der Waals surface area contributed by atoms with E-state index in [-0.39, 0.29) is 37.3 Å². The first-order chi connectivity index (χ1) is 9.03. The lowest BCUT2D eigenvalue weighted by Gasteiger charge is -2.19. The minimum Gasteiger partial charge on any atom is -0.329 e. The molecular weight excluding hydrogens is 331 g/mol. The fourth-order valence-corrected chi connectivity index (χ4v) is 2.02. The van der Waals surface area contributed by atoms with Gasteiger partial charge in [-0.15, -0.1) is 36.2 Å². The highest BCUT2D eigenvalue weighted by atomic mass is 35.5. The third-order valence-corrected chi connectivity index (χ3v) is 3.53. The number of thiazole rings is 1. The second-order valence-electron chi connectivity index (χ2n) is 4.80. The van der Waals surface area contributed by atoms with Crippen LogP contribution in [0.2, 0.25) is 0 Å². The number of halogens is 2. The first kappa shape index (κ1) is 19.8. The molecule has 2 rings (SSSR count). The third kappa shape index (κ3) is 4.93. The van der Waals surface area contributed by atoms with Crippen molar-refractivity contribution in [1.82, 2.24) is 9.97 Å². The molecule has 0 fully saturated rings. The topological polar surface area (TPSA) is 80.9 Å². The summed E-state index contributed by atoms with van der Waals surface area (Å²) in [5.41, 5.74) is 6.51. The van der Waals surface area contributed by atoms with Crippen LogP contribution in [0.1, 0.15) is 13.8 Å². The lowest BCUT2D eigenvalue weighted by molar-refractivity contribution is -0.123. The van der Waals surface area contributed by atoms with Crippen LogP contribution >= 0.6 is 36.2 Å². The molecule has 2 aromatic rings. The predicted molar refractivity (Wildman–Crippen MR) is 91.3 cm³/mol. The van der Waals surface area contributed by atoms with E-state index in [4.69, 9.17) is 5.73 Å². The minimum atomic E-state index is -0.600. The summed E-state index contributed by atoms with van der Waals surface area (Å²) in [6.07, 6.45) is 1.71. The van der Waals surface area contributed by atoms with E-state index in [0.29, 0.717) is 5.13 Å². The number of carbonyl (C=O) groups excluding carboxylic acids is 1. The van der Waals surface area contributed by atoms with E-state index < -0.39 is 5.41 Å². The highest BCUT2D eigenvalue weighted by molar-refractivity contribution is 7.14. The first-order valence-corrected chi connectivity index (χ1v) is 6.79. The van der Waals surface area contributed by atoms with E-state index in [2.05, 4.69) is 15.3 Å². The van der Waals surface area contributed by atoms with Crippen LogP contribution in [0, 0.1) is 5.41 Å². The zero-order valence-electron chi connectivity index (χ0n) is 11.7. The van der Waals surface area contributed by atoms with Crippen LogP contribution in [0.3, 0.4) is 0 Å². The Hall–Kier alpha value is -1.21. The molecule has 0 bridgehead atoms. The average Bonchev–Trinajstić information content (AvgIpc) is 2.88. The zero-order chi connectivity index (χ0) is 13.9. The fraction of sp³-hybridized carbons (Fsp3) is 0.308. The maximum absolute atomic E-state index is 12.0. The summed E-state index contributed by atoms with van der Waals surface area (Å²) in [6.45, 7) is 3.89. The molecule has 0 saturated carbocycles. The van der Waals surface area contributed by atoms with Crippen LogP contribution < -0.4 is 11.1 Å². The number of amides is 1. The molecule has 2 aromatic heterocycles. The standard InChI is InChI=1S/C13H16N4OS.2ClH/c1-13(2,8-14)11(18)17-12-16-10(7-19-12)9-5-3-4-6-15-9;;/h3-7H,8,14H2,1-2H3,(H,16,17,18);2*1H. The average molecular weight is 349 g/mol. The molecule has 0 aliphatic heterocycles. The van der Waals surface area contributed by atoms with E-state index in [1.54, 1.807) is 20.0 Å². The van der Waals surface area contributed by atoms with Crippen LogP contribution in [0.5, 0.6) is 0 Å². The van der Waals surface area contributed by atoms with Gasteiger partial charge in [0, 0.05) is 18.1 Å². The number of carbonyl (C=O) groups is 1. The molecule has 0 spiro atoms. The fourth-order valence-electron chi connectivity index (χ4n) is 1.32. The highest BCUT2D eigenvalue weighted by Crippen LogP contribution is 2.24. The van der Waals surface area contributed by atoms with Gasteiger partial charge < -0.3 is 11.1 Å². The van der Waals surface area contributed by atoms with Gasteiger partial charge in [0.15, 0.2) is 5.13 Å². The minimum absolute atomic E-state index is 0. The summed E-state index contributed by atoms with van der Waals surface area (Å²) in [5, 5.41) is 5.21. The highest BCUT2D eigenvalue weighted by Gasteiger charge is 2.26. The van der Waals surface area contributed by atoms with Crippen molar-refractivity contribution in [2.45, 2.75) is 13.8 Å². The summed E-state index contributed by atoms with van der Waals surface area (Å²) < 4.78 is 0. The largest absolute Gasteiger partial charge is 0.329 e. The second-order valence-corrected chi connectivity index (χ2v) is 5.65. The number of nitrogens with two attached hydrogens (primary N) is 1. The van der Waals surface area contributed by atoms with Gasteiger partial charge in [-0.1, -0.05) is 6.07 Å². The van der Waals surface area contributed by atoms with Gasteiger partial charge in [-0.25, -0.2) is 4.98 Å². The number of hydrogen-bond donors (Lipinski definition) is 2. The van der Waals surface area contributed by atoms with Crippen LogP contribution in [-0.2, 0) is 4.79 Å². The molecule has 2 heterocycles. The molecule has 0 aromatic carbocycles. The number of aromatic nitrogens is 2. The van der Waals surface area contributed by atoms with Crippen molar-refractivity contribution in [3.05, 3.63) is 29.8 Å². The van der Waals surface area contributed by atoms with Crippen LogP contribution in [0.15, 0.2) is 29.8 Å². The first-order valence-electron chi connectivity index (χ1n) is 5.91. The van der Waals surface area contributed by atoms with Gasteiger partial charge in [-0.05, 0) is 26.0 Å². The van der Waals surface area contributed by atoms with Crippen molar-refractivity contribution in [2.75, 3.05) is 11.9 Å². The number of pyridine rings is 1. The van der Waals surface area contributed by atoms with Gasteiger partial charge in [-0.2, -0.15) is 0 Å². The van der Waals surface area contributed by atoms with Gasteiger partial charge >= 0.3 is 0 Å². The molecule has 116 valence electrons. The molecule has 0 aliphatic carbocycles. The lowest BCUT2D eigenvalue weighted by atomic mass is 9.93. The monoisotopic (exact) mass is 348 g/mol. The Morgan fingerprint density at radius 3 is 2.62 bits per heavy atom. The van der Waals surface area contributed by atoms with E-state index in [1.165, 1.54) is 11.3 Å². The SMILES string of the molecule is CC(C)(CN)C(=O)Nc1nc(-c2ccccn2)cs1.Cl.Cl. The molecule has 0 radical (unpaired) electrons. The molecular formula is C13H18Cl2N4OS. The Bertz CT molecular complexity index is 575. The van der Waals surface area contributed by atoms with E-state index in [1.807, 2.05) is 23.6 Å². The van der Waals surface area contributed by atoms with Crippen molar-refractivity contribution >= 4 is 47.2 Å². The maximum atomic E-state index is 12.0. The van der Waals surface area contributed by atoms with E-state index in [0.717, 1.165) is 11.4 Å². The van der Waals surface area contributed by atoms with Crippen molar-refractivity contribution < 1.29 is 4.79 Å². The molecule has 8 heteroatoms. The van der Waals surface area contributed by atoms with Gasteiger partial charge in [0.1, 0.15) is 5.69 Å². The Balaban J connectivity index is 0.00000200. The molecule has 5 nitrogen and oxygen atoms in total. The van der Waals surface area contributed by atoms with Crippen LogP contribution in [0.25, 0.3) is 11.4 Å². The van der Waals surface area contributed by atoms with Gasteiger partial charge in [-0.3, -0.25) is 9.78 Å².